The van der Waals surface area contributed by atoms with E-state index in [0.29, 0.717) is 0 Å². The first-order chi connectivity index (χ1) is 8.97. The molecule has 0 aliphatic heterocycles. The summed E-state index contributed by atoms with van der Waals surface area (Å²) in [5, 5.41) is 11.9. The van der Waals surface area contributed by atoms with Crippen LogP contribution < -0.4 is 5.32 Å². The number of amides is 1. The number of benzene rings is 2. The largest absolute Gasteiger partial charge is 0.507 e. The molecule has 0 radical (unpaired) electrons. The standard InChI is InChI=1S/C13H8ClF2NO2/c14-7-1-3-11(10(16)5-7)17-13(19)9-6-8(15)2-4-12(9)18/h1-6,18H,(H,17,19). The van der Waals surface area contributed by atoms with Crippen LogP contribution in [0.2, 0.25) is 5.02 Å². The lowest BCUT2D eigenvalue weighted by atomic mass is 10.1. The molecule has 1 amide bonds. The number of phenolic OH excluding ortho intramolecular Hbond substituents is 1. The van der Waals surface area contributed by atoms with Crippen LogP contribution in [0.15, 0.2) is 36.4 Å². The van der Waals surface area contributed by atoms with E-state index < -0.39 is 23.3 Å². The van der Waals surface area contributed by atoms with Gasteiger partial charge < -0.3 is 10.4 Å². The van der Waals surface area contributed by atoms with Crippen molar-refractivity contribution in [2.45, 2.75) is 0 Å². The molecule has 0 aromatic heterocycles. The molecule has 0 saturated heterocycles. The average Bonchev–Trinajstić information content (AvgIpc) is 2.35. The fraction of sp³-hybridized carbons (Fsp3) is 0. The zero-order valence-electron chi connectivity index (χ0n) is 9.45. The van der Waals surface area contributed by atoms with Crippen molar-refractivity contribution in [2.24, 2.45) is 0 Å². The maximum Gasteiger partial charge on any atom is 0.259 e. The summed E-state index contributed by atoms with van der Waals surface area (Å²) in [7, 11) is 0. The summed E-state index contributed by atoms with van der Waals surface area (Å²) in [5.41, 5.74) is -0.396. The third-order valence-electron chi connectivity index (χ3n) is 2.38. The van der Waals surface area contributed by atoms with Gasteiger partial charge >= 0.3 is 0 Å². The van der Waals surface area contributed by atoms with Crippen molar-refractivity contribution >= 4 is 23.2 Å². The van der Waals surface area contributed by atoms with Gasteiger partial charge in [-0.3, -0.25) is 4.79 Å². The molecule has 0 bridgehead atoms. The van der Waals surface area contributed by atoms with Crippen molar-refractivity contribution < 1.29 is 18.7 Å². The maximum atomic E-state index is 13.5. The molecule has 0 atom stereocenters. The van der Waals surface area contributed by atoms with E-state index in [9.17, 15) is 18.7 Å². The Morgan fingerprint density at radius 2 is 1.89 bits per heavy atom. The van der Waals surface area contributed by atoms with Gasteiger partial charge in [0.15, 0.2) is 0 Å². The monoisotopic (exact) mass is 283 g/mol. The van der Waals surface area contributed by atoms with Gasteiger partial charge in [0.25, 0.3) is 5.91 Å². The number of anilines is 1. The Balaban J connectivity index is 2.28. The number of halogens is 3. The number of hydrogen-bond acceptors (Lipinski definition) is 2. The fourth-order valence-corrected chi connectivity index (χ4v) is 1.63. The van der Waals surface area contributed by atoms with E-state index in [1.807, 2.05) is 0 Å². The highest BCUT2D eigenvalue weighted by atomic mass is 35.5. The molecule has 2 N–H and O–H groups in total. The molecule has 0 heterocycles. The Kier molecular flexibility index (Phi) is 3.66. The summed E-state index contributed by atoms with van der Waals surface area (Å²) in [6.45, 7) is 0. The average molecular weight is 284 g/mol. The Bertz CT molecular complexity index is 647. The third-order valence-corrected chi connectivity index (χ3v) is 2.62. The number of nitrogens with one attached hydrogen (secondary N) is 1. The first-order valence-electron chi connectivity index (χ1n) is 5.22. The molecule has 0 saturated carbocycles. The van der Waals surface area contributed by atoms with Gasteiger partial charge in [0.1, 0.15) is 17.4 Å². The second-order valence-corrected chi connectivity index (χ2v) is 4.18. The SMILES string of the molecule is O=C(Nc1ccc(Cl)cc1F)c1cc(F)ccc1O. The van der Waals surface area contributed by atoms with Gasteiger partial charge in [-0.25, -0.2) is 8.78 Å². The highest BCUT2D eigenvalue weighted by Gasteiger charge is 2.14. The van der Waals surface area contributed by atoms with Crippen molar-refractivity contribution in [3.05, 3.63) is 58.6 Å². The van der Waals surface area contributed by atoms with Crippen LogP contribution >= 0.6 is 11.6 Å². The molecule has 0 spiro atoms. The van der Waals surface area contributed by atoms with E-state index in [0.717, 1.165) is 24.3 Å². The van der Waals surface area contributed by atoms with Crippen LogP contribution in [0.25, 0.3) is 0 Å². The van der Waals surface area contributed by atoms with Gasteiger partial charge in [-0.05, 0) is 36.4 Å². The van der Waals surface area contributed by atoms with Gasteiger partial charge in [-0.1, -0.05) is 11.6 Å². The molecule has 2 aromatic rings. The minimum atomic E-state index is -0.821. The second-order valence-electron chi connectivity index (χ2n) is 3.74. The lowest BCUT2D eigenvalue weighted by molar-refractivity contribution is 0.102. The van der Waals surface area contributed by atoms with Gasteiger partial charge in [-0.2, -0.15) is 0 Å². The topological polar surface area (TPSA) is 49.3 Å². The number of carbonyl (C=O) groups is 1. The summed E-state index contributed by atoms with van der Waals surface area (Å²) in [6.07, 6.45) is 0. The van der Waals surface area contributed by atoms with Crippen molar-refractivity contribution in [1.29, 1.82) is 0 Å². The van der Waals surface area contributed by atoms with E-state index in [1.54, 1.807) is 0 Å². The number of rotatable bonds is 2. The van der Waals surface area contributed by atoms with Crippen molar-refractivity contribution in [1.82, 2.24) is 0 Å². The van der Waals surface area contributed by atoms with Crippen LogP contribution in [0.3, 0.4) is 0 Å². The number of aromatic hydroxyl groups is 1. The van der Waals surface area contributed by atoms with Crippen molar-refractivity contribution in [3.63, 3.8) is 0 Å². The predicted octanol–water partition coefficient (Wildman–Crippen LogP) is 3.58. The molecule has 2 aromatic carbocycles. The molecule has 6 heteroatoms. The van der Waals surface area contributed by atoms with E-state index >= 15 is 0 Å². The molecule has 0 aliphatic carbocycles. The normalized spacial score (nSPS) is 10.3. The zero-order chi connectivity index (χ0) is 14.0. The zero-order valence-corrected chi connectivity index (χ0v) is 10.2. The van der Waals surface area contributed by atoms with Crippen LogP contribution in [0.5, 0.6) is 5.75 Å². The number of phenols is 1. The van der Waals surface area contributed by atoms with Gasteiger partial charge in [-0.15, -0.1) is 0 Å². The second kappa shape index (κ2) is 5.24. The molecule has 3 nitrogen and oxygen atoms in total. The first-order valence-corrected chi connectivity index (χ1v) is 5.60. The Morgan fingerprint density at radius 3 is 2.58 bits per heavy atom. The highest BCUT2D eigenvalue weighted by molar-refractivity contribution is 6.30. The minimum absolute atomic E-state index is 0.113. The third kappa shape index (κ3) is 3.00. The Hall–Kier alpha value is -2.14. The smallest absolute Gasteiger partial charge is 0.259 e. The summed E-state index contributed by atoms with van der Waals surface area (Å²) in [5.74, 6) is -2.62. The van der Waals surface area contributed by atoms with E-state index in [4.69, 9.17) is 11.6 Å². The van der Waals surface area contributed by atoms with Crippen molar-refractivity contribution in [2.75, 3.05) is 5.32 Å². The maximum absolute atomic E-state index is 13.5. The quantitative estimate of drug-likeness (QED) is 0.885. The highest BCUT2D eigenvalue weighted by Crippen LogP contribution is 2.22. The van der Waals surface area contributed by atoms with Crippen molar-refractivity contribution in [3.8, 4) is 5.75 Å². The van der Waals surface area contributed by atoms with E-state index in [2.05, 4.69) is 5.32 Å². The molecule has 98 valence electrons. The number of carbonyl (C=O) groups excluding carboxylic acids is 1. The van der Waals surface area contributed by atoms with Gasteiger partial charge in [0.05, 0.1) is 11.3 Å². The van der Waals surface area contributed by atoms with Crippen LogP contribution in [0.4, 0.5) is 14.5 Å². The Morgan fingerprint density at radius 1 is 1.16 bits per heavy atom. The molecule has 2 rings (SSSR count). The first kappa shape index (κ1) is 13.3. The van der Waals surface area contributed by atoms with E-state index in [-0.39, 0.29) is 16.3 Å². The summed E-state index contributed by atoms with van der Waals surface area (Å²) in [6, 6.07) is 6.61. The van der Waals surface area contributed by atoms with Crippen LogP contribution in [-0.2, 0) is 0 Å². The minimum Gasteiger partial charge on any atom is -0.507 e. The molecular weight excluding hydrogens is 276 g/mol. The van der Waals surface area contributed by atoms with Gasteiger partial charge in [0, 0.05) is 5.02 Å². The number of hydrogen-bond donors (Lipinski definition) is 2. The van der Waals surface area contributed by atoms with Crippen LogP contribution in [0.1, 0.15) is 10.4 Å². The van der Waals surface area contributed by atoms with Crippen LogP contribution in [-0.4, -0.2) is 11.0 Å². The van der Waals surface area contributed by atoms with Crippen LogP contribution in [0, 0.1) is 11.6 Å². The molecule has 0 fully saturated rings. The Labute approximate surface area is 112 Å². The van der Waals surface area contributed by atoms with E-state index in [1.165, 1.54) is 12.1 Å². The summed E-state index contributed by atoms with van der Waals surface area (Å²) >= 11 is 5.57. The lowest BCUT2D eigenvalue weighted by Gasteiger charge is -2.08. The summed E-state index contributed by atoms with van der Waals surface area (Å²) < 4.78 is 26.5. The molecule has 19 heavy (non-hydrogen) atoms. The predicted molar refractivity (Wildman–Crippen MR) is 67.4 cm³/mol. The summed E-state index contributed by atoms with van der Waals surface area (Å²) in [4.78, 5) is 11.8. The fourth-order valence-electron chi connectivity index (χ4n) is 1.47. The lowest BCUT2D eigenvalue weighted by Crippen LogP contribution is -2.13. The molecular formula is C13H8ClF2NO2. The molecule has 0 aliphatic rings. The van der Waals surface area contributed by atoms with Gasteiger partial charge in [0.2, 0.25) is 0 Å². The molecule has 0 unspecified atom stereocenters.